The quantitative estimate of drug-likeness (QED) is 0.734. The average molecular weight is 357 g/mol. The Hall–Kier alpha value is -2.04. The summed E-state index contributed by atoms with van der Waals surface area (Å²) in [7, 11) is 0. The summed E-state index contributed by atoms with van der Waals surface area (Å²) in [5, 5.41) is 1.37. The largest absolute Gasteiger partial charge is 0.269 e. The molecule has 0 spiro atoms. The van der Waals surface area contributed by atoms with E-state index in [0.29, 0.717) is 5.02 Å². The van der Waals surface area contributed by atoms with Gasteiger partial charge >= 0.3 is 0 Å². The number of hydrogen-bond donors (Lipinski definition) is 0. The summed E-state index contributed by atoms with van der Waals surface area (Å²) in [5.41, 5.74) is 1.75. The third-order valence-electron chi connectivity index (χ3n) is 3.50. The Labute approximate surface area is 151 Å². The first-order chi connectivity index (χ1) is 11.6. The molecule has 0 radical (unpaired) electrons. The molecular formula is C19H17ClN2OS. The molecule has 1 amide bonds. The second-order valence-corrected chi connectivity index (χ2v) is 6.89. The molecule has 3 rings (SSSR count). The van der Waals surface area contributed by atoms with E-state index in [2.05, 4.69) is 4.99 Å². The van der Waals surface area contributed by atoms with E-state index in [-0.39, 0.29) is 11.9 Å². The SMILES string of the molecule is CC1CSC(N(C(=O)C=Cc2ccccc2)c2ccc(Cl)cc2)=N1. The van der Waals surface area contributed by atoms with Crippen molar-refractivity contribution in [3.8, 4) is 0 Å². The van der Waals surface area contributed by atoms with E-state index in [1.165, 1.54) is 0 Å². The first-order valence-electron chi connectivity index (χ1n) is 7.67. The number of halogens is 1. The second-order valence-electron chi connectivity index (χ2n) is 5.47. The summed E-state index contributed by atoms with van der Waals surface area (Å²) < 4.78 is 0. The highest BCUT2D eigenvalue weighted by Gasteiger charge is 2.25. The molecule has 5 heteroatoms. The molecular weight excluding hydrogens is 340 g/mol. The van der Waals surface area contributed by atoms with E-state index in [4.69, 9.17) is 11.6 Å². The first kappa shape index (κ1) is 16.8. The fourth-order valence-electron chi connectivity index (χ4n) is 2.31. The Bertz CT molecular complexity index is 772. The van der Waals surface area contributed by atoms with Crippen LogP contribution in [-0.2, 0) is 4.79 Å². The maximum atomic E-state index is 12.8. The minimum absolute atomic E-state index is 0.124. The predicted octanol–water partition coefficient (Wildman–Crippen LogP) is 4.88. The third-order valence-corrected chi connectivity index (χ3v) is 4.95. The number of rotatable bonds is 3. The van der Waals surface area contributed by atoms with Crippen LogP contribution >= 0.6 is 23.4 Å². The molecule has 2 aromatic carbocycles. The molecule has 0 aromatic heterocycles. The molecule has 2 aromatic rings. The van der Waals surface area contributed by atoms with E-state index in [9.17, 15) is 4.79 Å². The van der Waals surface area contributed by atoms with Crippen molar-refractivity contribution in [2.75, 3.05) is 10.7 Å². The summed E-state index contributed by atoms with van der Waals surface area (Å²) in [6, 6.07) is 17.2. The lowest BCUT2D eigenvalue weighted by Crippen LogP contribution is -2.33. The standard InChI is InChI=1S/C19H17ClN2OS/c1-14-13-24-19(21-14)22(17-10-8-16(20)9-11-17)18(23)12-7-15-5-3-2-4-6-15/h2-12,14H,13H2,1H3. The van der Waals surface area contributed by atoms with Crippen LogP contribution in [0.5, 0.6) is 0 Å². The van der Waals surface area contributed by atoms with E-state index in [1.54, 1.807) is 34.9 Å². The van der Waals surface area contributed by atoms with Gasteiger partial charge in [0, 0.05) is 16.9 Å². The van der Waals surface area contributed by atoms with Gasteiger partial charge in [0.25, 0.3) is 5.91 Å². The Morgan fingerprint density at radius 2 is 1.92 bits per heavy atom. The van der Waals surface area contributed by atoms with Crippen LogP contribution in [-0.4, -0.2) is 22.9 Å². The average Bonchev–Trinajstić information content (AvgIpc) is 3.02. The number of amides is 1. The molecule has 1 heterocycles. The Morgan fingerprint density at radius 1 is 1.21 bits per heavy atom. The zero-order valence-electron chi connectivity index (χ0n) is 13.2. The number of nitrogens with zero attached hydrogens (tertiary/aromatic N) is 2. The van der Waals surface area contributed by atoms with Gasteiger partial charge in [-0.3, -0.25) is 14.7 Å². The summed E-state index contributed by atoms with van der Waals surface area (Å²) in [6.45, 7) is 2.05. The Balaban J connectivity index is 1.89. The van der Waals surface area contributed by atoms with Crippen molar-refractivity contribution in [2.24, 2.45) is 4.99 Å². The molecule has 24 heavy (non-hydrogen) atoms. The molecule has 0 fully saturated rings. The summed E-state index contributed by atoms with van der Waals surface area (Å²) >= 11 is 7.56. The van der Waals surface area contributed by atoms with Gasteiger partial charge in [-0.1, -0.05) is 53.7 Å². The number of thioether (sulfide) groups is 1. The van der Waals surface area contributed by atoms with Crippen LogP contribution in [0.25, 0.3) is 6.08 Å². The van der Waals surface area contributed by atoms with Gasteiger partial charge in [-0.05, 0) is 42.8 Å². The van der Waals surface area contributed by atoms with Gasteiger partial charge in [-0.2, -0.15) is 0 Å². The lowest BCUT2D eigenvalue weighted by atomic mass is 10.2. The van der Waals surface area contributed by atoms with Crippen molar-refractivity contribution < 1.29 is 4.79 Å². The van der Waals surface area contributed by atoms with Gasteiger partial charge in [0.2, 0.25) is 0 Å². The smallest absolute Gasteiger partial charge is 0.257 e. The minimum atomic E-state index is -0.124. The number of aliphatic imine (C=N–C) groups is 1. The molecule has 1 atom stereocenters. The van der Waals surface area contributed by atoms with Crippen molar-refractivity contribution in [2.45, 2.75) is 13.0 Å². The number of carbonyl (C=O) groups excluding carboxylic acids is 1. The van der Waals surface area contributed by atoms with Crippen LogP contribution < -0.4 is 4.90 Å². The normalized spacial score (nSPS) is 17.1. The predicted molar refractivity (Wildman–Crippen MR) is 104 cm³/mol. The van der Waals surface area contributed by atoms with E-state index < -0.39 is 0 Å². The minimum Gasteiger partial charge on any atom is -0.269 e. The number of amidine groups is 1. The van der Waals surface area contributed by atoms with Crippen LogP contribution in [0.4, 0.5) is 5.69 Å². The van der Waals surface area contributed by atoms with Gasteiger partial charge < -0.3 is 0 Å². The summed E-state index contributed by atoms with van der Waals surface area (Å²) in [5.74, 6) is 0.760. The molecule has 1 aliphatic rings. The van der Waals surface area contributed by atoms with E-state index >= 15 is 0 Å². The molecule has 0 aliphatic carbocycles. The zero-order chi connectivity index (χ0) is 16.9. The van der Waals surface area contributed by atoms with Crippen molar-refractivity contribution >= 4 is 46.2 Å². The van der Waals surface area contributed by atoms with Crippen molar-refractivity contribution in [3.05, 3.63) is 71.3 Å². The zero-order valence-corrected chi connectivity index (χ0v) is 14.8. The van der Waals surface area contributed by atoms with Crippen LogP contribution in [0.15, 0.2) is 65.7 Å². The number of anilines is 1. The Kier molecular flexibility index (Phi) is 5.38. The molecule has 122 valence electrons. The van der Waals surface area contributed by atoms with Crippen LogP contribution in [0.1, 0.15) is 12.5 Å². The number of benzene rings is 2. The van der Waals surface area contributed by atoms with Gasteiger partial charge in [0.1, 0.15) is 0 Å². The summed E-state index contributed by atoms with van der Waals surface area (Å²) in [4.78, 5) is 19.0. The highest BCUT2D eigenvalue weighted by Crippen LogP contribution is 2.27. The molecule has 0 saturated carbocycles. The molecule has 0 bridgehead atoms. The third kappa shape index (κ3) is 4.08. The molecule has 3 nitrogen and oxygen atoms in total. The fraction of sp³-hybridized carbons (Fsp3) is 0.158. The Morgan fingerprint density at radius 3 is 2.54 bits per heavy atom. The maximum absolute atomic E-state index is 12.8. The molecule has 0 saturated heterocycles. The highest BCUT2D eigenvalue weighted by atomic mass is 35.5. The van der Waals surface area contributed by atoms with Gasteiger partial charge in [0.15, 0.2) is 5.17 Å². The highest BCUT2D eigenvalue weighted by molar-refractivity contribution is 8.14. The van der Waals surface area contributed by atoms with Gasteiger partial charge in [-0.15, -0.1) is 0 Å². The monoisotopic (exact) mass is 356 g/mol. The second kappa shape index (κ2) is 7.69. The van der Waals surface area contributed by atoms with Crippen LogP contribution in [0.3, 0.4) is 0 Å². The first-order valence-corrected chi connectivity index (χ1v) is 9.03. The van der Waals surface area contributed by atoms with E-state index in [1.807, 2.05) is 55.5 Å². The van der Waals surface area contributed by atoms with Crippen LogP contribution in [0.2, 0.25) is 5.02 Å². The van der Waals surface area contributed by atoms with Gasteiger partial charge in [0.05, 0.1) is 11.7 Å². The molecule has 0 N–H and O–H groups in total. The molecule has 1 unspecified atom stereocenters. The van der Waals surface area contributed by atoms with Crippen molar-refractivity contribution in [1.29, 1.82) is 0 Å². The number of hydrogen-bond acceptors (Lipinski definition) is 3. The lowest BCUT2D eigenvalue weighted by molar-refractivity contribution is -0.113. The van der Waals surface area contributed by atoms with Crippen molar-refractivity contribution in [1.82, 2.24) is 0 Å². The van der Waals surface area contributed by atoms with E-state index in [0.717, 1.165) is 22.2 Å². The van der Waals surface area contributed by atoms with Crippen LogP contribution in [0, 0.1) is 0 Å². The van der Waals surface area contributed by atoms with Crippen molar-refractivity contribution in [3.63, 3.8) is 0 Å². The molecule has 1 aliphatic heterocycles. The van der Waals surface area contributed by atoms with Gasteiger partial charge in [-0.25, -0.2) is 0 Å². The lowest BCUT2D eigenvalue weighted by Gasteiger charge is -2.20. The number of carbonyl (C=O) groups is 1. The fourth-order valence-corrected chi connectivity index (χ4v) is 3.48. The summed E-state index contributed by atoms with van der Waals surface area (Å²) in [6.07, 6.45) is 3.39. The topological polar surface area (TPSA) is 32.7 Å². The maximum Gasteiger partial charge on any atom is 0.257 e.